The van der Waals surface area contributed by atoms with Crippen LogP contribution in [0, 0.1) is 17.8 Å². The van der Waals surface area contributed by atoms with Crippen molar-refractivity contribution >= 4 is 10.9 Å². The van der Waals surface area contributed by atoms with Crippen LogP contribution in [0.2, 0.25) is 0 Å². The first kappa shape index (κ1) is 15.8. The number of benzene rings is 2. The second-order valence-corrected chi connectivity index (χ2v) is 9.29. The molecule has 7 rings (SSSR count). The molecule has 138 valence electrons. The van der Waals surface area contributed by atoms with Crippen molar-refractivity contribution in [2.45, 2.75) is 44.1 Å². The van der Waals surface area contributed by atoms with Gasteiger partial charge in [-0.1, -0.05) is 18.2 Å². The zero-order valence-electron chi connectivity index (χ0n) is 16.0. The van der Waals surface area contributed by atoms with E-state index in [-0.39, 0.29) is 0 Å². The fourth-order valence-corrected chi connectivity index (χ4v) is 6.98. The van der Waals surface area contributed by atoms with E-state index in [9.17, 15) is 0 Å². The zero-order valence-corrected chi connectivity index (χ0v) is 16.0. The molecular formula is C25H27NO. The van der Waals surface area contributed by atoms with Crippen molar-refractivity contribution in [2.75, 3.05) is 7.11 Å². The molecule has 0 spiro atoms. The van der Waals surface area contributed by atoms with E-state index in [1.165, 1.54) is 60.7 Å². The largest absolute Gasteiger partial charge is 0.497 e. The smallest absolute Gasteiger partial charge is 0.118 e. The van der Waals surface area contributed by atoms with E-state index in [2.05, 4.69) is 59.2 Å². The topological polar surface area (TPSA) is 14.2 Å². The Balaban J connectivity index is 1.57. The third-order valence-corrected chi connectivity index (χ3v) is 7.58. The number of ether oxygens (including phenoxy) is 1. The van der Waals surface area contributed by atoms with Gasteiger partial charge < -0.3 is 9.30 Å². The summed E-state index contributed by atoms with van der Waals surface area (Å²) >= 11 is 0. The predicted molar refractivity (Wildman–Crippen MR) is 110 cm³/mol. The maximum Gasteiger partial charge on any atom is 0.118 e. The van der Waals surface area contributed by atoms with Crippen molar-refractivity contribution in [1.29, 1.82) is 0 Å². The van der Waals surface area contributed by atoms with Crippen molar-refractivity contribution in [1.82, 2.24) is 4.57 Å². The lowest BCUT2D eigenvalue weighted by Crippen LogP contribution is -2.51. The summed E-state index contributed by atoms with van der Waals surface area (Å²) < 4.78 is 8.15. The van der Waals surface area contributed by atoms with Gasteiger partial charge in [0.1, 0.15) is 5.75 Å². The molecule has 4 aliphatic rings. The lowest BCUT2D eigenvalue weighted by atomic mass is 9.53. The second-order valence-electron chi connectivity index (χ2n) is 9.29. The van der Waals surface area contributed by atoms with Crippen molar-refractivity contribution in [3.05, 3.63) is 54.6 Å². The lowest BCUT2D eigenvalue weighted by molar-refractivity contribution is -0.0399. The molecule has 3 aromatic rings. The first-order valence-electron chi connectivity index (χ1n) is 10.5. The molecule has 2 heteroatoms. The maximum absolute atomic E-state index is 5.39. The van der Waals surface area contributed by atoms with Gasteiger partial charge in [-0.3, -0.25) is 0 Å². The van der Waals surface area contributed by atoms with Crippen LogP contribution in [0.15, 0.2) is 54.6 Å². The minimum absolute atomic E-state index is 0.327. The second kappa shape index (κ2) is 5.64. The number of hydrogen-bond donors (Lipinski definition) is 0. The summed E-state index contributed by atoms with van der Waals surface area (Å²) in [6.07, 6.45) is 8.57. The number of para-hydroxylation sites is 1. The average molecular weight is 357 g/mol. The highest BCUT2D eigenvalue weighted by Gasteiger charge is 2.52. The summed E-state index contributed by atoms with van der Waals surface area (Å²) in [5.41, 5.74) is 4.45. The van der Waals surface area contributed by atoms with Crippen LogP contribution >= 0.6 is 0 Å². The third kappa shape index (κ3) is 2.32. The molecule has 1 aromatic heterocycles. The van der Waals surface area contributed by atoms with Crippen molar-refractivity contribution in [2.24, 2.45) is 17.8 Å². The monoisotopic (exact) mass is 357 g/mol. The highest BCUT2D eigenvalue weighted by atomic mass is 16.5. The van der Waals surface area contributed by atoms with Crippen LogP contribution in [0.25, 0.3) is 22.2 Å². The van der Waals surface area contributed by atoms with E-state index in [0.717, 1.165) is 23.5 Å². The van der Waals surface area contributed by atoms with Crippen molar-refractivity contribution in [3.8, 4) is 17.0 Å². The lowest BCUT2D eigenvalue weighted by Gasteiger charge is -2.58. The van der Waals surface area contributed by atoms with Crippen molar-refractivity contribution in [3.63, 3.8) is 0 Å². The Bertz CT molecular complexity index is 962. The molecule has 2 aromatic carbocycles. The molecule has 0 N–H and O–H groups in total. The summed E-state index contributed by atoms with van der Waals surface area (Å²) in [6, 6.07) is 20.0. The molecule has 0 amide bonds. The summed E-state index contributed by atoms with van der Waals surface area (Å²) in [5, 5.41) is 1.37. The number of methoxy groups -OCH3 is 1. The van der Waals surface area contributed by atoms with Crippen LogP contribution in [0.3, 0.4) is 0 Å². The fraction of sp³-hybridized carbons (Fsp3) is 0.440. The fourth-order valence-electron chi connectivity index (χ4n) is 6.98. The summed E-state index contributed by atoms with van der Waals surface area (Å²) in [7, 11) is 1.74. The Morgan fingerprint density at radius 3 is 2.11 bits per heavy atom. The molecule has 4 bridgehead atoms. The van der Waals surface area contributed by atoms with Gasteiger partial charge in [0, 0.05) is 22.1 Å². The van der Waals surface area contributed by atoms with Gasteiger partial charge in [0.05, 0.1) is 7.11 Å². The average Bonchev–Trinajstić information content (AvgIpc) is 3.07. The van der Waals surface area contributed by atoms with Gasteiger partial charge in [0.2, 0.25) is 0 Å². The normalized spacial score (nSPS) is 31.5. The molecule has 4 fully saturated rings. The van der Waals surface area contributed by atoms with E-state index in [0.29, 0.717) is 5.54 Å². The first-order chi connectivity index (χ1) is 13.2. The SMILES string of the molecule is COc1ccc(-c2cc3ccccc3n2C23CC4CC(CC(C4)C2)C3)cc1. The number of rotatable bonds is 3. The van der Waals surface area contributed by atoms with Crippen LogP contribution in [0.1, 0.15) is 38.5 Å². The van der Waals surface area contributed by atoms with Gasteiger partial charge in [0.15, 0.2) is 0 Å². The summed E-state index contributed by atoms with van der Waals surface area (Å²) in [6.45, 7) is 0. The standard InChI is InChI=1S/C25H27NO/c1-27-22-8-6-20(7-9-22)24-13-21-4-2-3-5-23(21)26(24)25-14-17-10-18(15-25)12-19(11-17)16-25/h2-9,13,17-19H,10-12,14-16H2,1H3. The third-order valence-electron chi connectivity index (χ3n) is 7.58. The molecule has 1 heterocycles. The maximum atomic E-state index is 5.39. The molecule has 4 saturated carbocycles. The number of fused-ring (bicyclic) bond motifs is 1. The molecule has 0 unspecified atom stereocenters. The van der Waals surface area contributed by atoms with E-state index < -0.39 is 0 Å². The highest BCUT2D eigenvalue weighted by molar-refractivity contribution is 5.87. The molecule has 0 aliphatic heterocycles. The Labute approximate surface area is 161 Å². The van der Waals surface area contributed by atoms with Gasteiger partial charge >= 0.3 is 0 Å². The molecular weight excluding hydrogens is 330 g/mol. The first-order valence-corrected chi connectivity index (χ1v) is 10.5. The van der Waals surface area contributed by atoms with Gasteiger partial charge in [-0.2, -0.15) is 0 Å². The molecule has 0 radical (unpaired) electrons. The number of aromatic nitrogens is 1. The van der Waals surface area contributed by atoms with Gasteiger partial charge in [-0.15, -0.1) is 0 Å². The molecule has 27 heavy (non-hydrogen) atoms. The van der Waals surface area contributed by atoms with Gasteiger partial charge in [-0.25, -0.2) is 0 Å². The zero-order chi connectivity index (χ0) is 18.0. The van der Waals surface area contributed by atoms with Gasteiger partial charge in [-0.05, 0) is 98.2 Å². The van der Waals surface area contributed by atoms with Crippen LogP contribution in [0.4, 0.5) is 0 Å². The minimum atomic E-state index is 0.327. The highest BCUT2D eigenvalue weighted by Crippen LogP contribution is 2.60. The minimum Gasteiger partial charge on any atom is -0.497 e. The molecule has 2 nitrogen and oxygen atoms in total. The number of hydrogen-bond acceptors (Lipinski definition) is 1. The summed E-state index contributed by atoms with van der Waals surface area (Å²) in [4.78, 5) is 0. The van der Waals surface area contributed by atoms with Crippen LogP contribution in [0.5, 0.6) is 5.75 Å². The Kier molecular flexibility index (Phi) is 3.30. The van der Waals surface area contributed by atoms with E-state index in [4.69, 9.17) is 4.74 Å². The Morgan fingerprint density at radius 1 is 0.852 bits per heavy atom. The van der Waals surface area contributed by atoms with Crippen LogP contribution in [-0.2, 0) is 5.54 Å². The van der Waals surface area contributed by atoms with Crippen LogP contribution < -0.4 is 4.74 Å². The Morgan fingerprint density at radius 2 is 1.48 bits per heavy atom. The molecule has 0 saturated heterocycles. The number of nitrogens with zero attached hydrogens (tertiary/aromatic N) is 1. The predicted octanol–water partition coefficient (Wildman–Crippen LogP) is 6.24. The quantitative estimate of drug-likeness (QED) is 0.541. The van der Waals surface area contributed by atoms with Crippen LogP contribution in [-0.4, -0.2) is 11.7 Å². The van der Waals surface area contributed by atoms with E-state index in [1.807, 2.05) is 0 Å². The van der Waals surface area contributed by atoms with E-state index in [1.54, 1.807) is 7.11 Å². The Hall–Kier alpha value is -2.22. The van der Waals surface area contributed by atoms with Crippen molar-refractivity contribution < 1.29 is 4.74 Å². The van der Waals surface area contributed by atoms with E-state index >= 15 is 0 Å². The van der Waals surface area contributed by atoms with Gasteiger partial charge in [0.25, 0.3) is 0 Å². The molecule has 4 aliphatic carbocycles. The summed E-state index contributed by atoms with van der Waals surface area (Å²) in [5.74, 6) is 3.76. The molecule has 0 atom stereocenters.